The van der Waals surface area contributed by atoms with Crippen molar-refractivity contribution in [3.63, 3.8) is 0 Å². The Morgan fingerprint density at radius 1 is 1.14 bits per heavy atom. The molecule has 1 aliphatic heterocycles. The molecule has 0 amide bonds. The number of halogens is 1. The first kappa shape index (κ1) is 25.7. The van der Waals surface area contributed by atoms with Crippen LogP contribution in [-0.4, -0.2) is 69.9 Å². The van der Waals surface area contributed by atoms with Crippen LogP contribution in [0.25, 0.3) is 0 Å². The van der Waals surface area contributed by atoms with Crippen LogP contribution in [0, 0.1) is 5.82 Å². The molecule has 2 aromatic carbocycles. The summed E-state index contributed by atoms with van der Waals surface area (Å²) in [5.74, 6) is -4.39. The monoisotopic (exact) mass is 504 g/mol. The molecular weight excluding hydrogens is 479 g/mol. The van der Waals surface area contributed by atoms with Gasteiger partial charge in [-0.2, -0.15) is 0 Å². The van der Waals surface area contributed by atoms with E-state index in [1.165, 1.54) is 42.5 Å². The summed E-state index contributed by atoms with van der Waals surface area (Å²) < 4.78 is 19.8. The number of rotatable bonds is 7. The molecular formula is C23H25FN4O8. The smallest absolute Gasteiger partial charge is 0.353 e. The van der Waals surface area contributed by atoms with Gasteiger partial charge in [-0.05, 0) is 29.3 Å². The third-order valence-corrected chi connectivity index (χ3v) is 6.14. The molecule has 0 aliphatic carbocycles. The zero-order valence-corrected chi connectivity index (χ0v) is 18.8. The normalized spacial score (nSPS) is 26.0. The Bertz CT molecular complexity index is 1310. The van der Waals surface area contributed by atoms with E-state index in [9.17, 15) is 39.9 Å². The second-order valence-corrected chi connectivity index (χ2v) is 8.40. The highest BCUT2D eigenvalue weighted by Gasteiger charge is 2.70. The fraction of sp³-hybridized carbons (Fsp3) is 0.304. The van der Waals surface area contributed by atoms with Gasteiger partial charge in [-0.15, -0.1) is 5.06 Å². The number of hydrogen-bond donors (Lipinski definition) is 7. The van der Waals surface area contributed by atoms with Crippen LogP contribution >= 0.6 is 0 Å². The Morgan fingerprint density at radius 3 is 2.44 bits per heavy atom. The zero-order valence-electron chi connectivity index (χ0n) is 18.8. The van der Waals surface area contributed by atoms with Gasteiger partial charge in [-0.1, -0.05) is 30.3 Å². The number of nitrogen functional groups attached to an aromatic ring is 1. The van der Waals surface area contributed by atoms with E-state index in [1.807, 2.05) is 0 Å². The second-order valence-electron chi connectivity index (χ2n) is 8.40. The maximum atomic E-state index is 14.2. The summed E-state index contributed by atoms with van der Waals surface area (Å²) >= 11 is 0. The highest BCUT2D eigenvalue weighted by atomic mass is 19.1. The number of aromatic hydroxyl groups is 1. The van der Waals surface area contributed by atoms with E-state index in [4.69, 9.17) is 10.5 Å². The van der Waals surface area contributed by atoms with Crippen molar-refractivity contribution in [2.24, 2.45) is 0 Å². The van der Waals surface area contributed by atoms with Gasteiger partial charge in [0.25, 0.3) is 0 Å². The molecule has 0 spiro atoms. The number of phenols is 1. The lowest BCUT2D eigenvalue weighted by molar-refractivity contribution is -0.413. The van der Waals surface area contributed by atoms with Crippen molar-refractivity contribution in [3.05, 3.63) is 87.7 Å². The quantitative estimate of drug-likeness (QED) is 0.157. The zero-order chi connectivity index (χ0) is 26.3. The number of benzene rings is 2. The Hall–Kier alpha value is -3.43. The molecule has 4 atom stereocenters. The fourth-order valence-corrected chi connectivity index (χ4v) is 4.16. The van der Waals surface area contributed by atoms with Gasteiger partial charge in [0, 0.05) is 18.2 Å². The van der Waals surface area contributed by atoms with Crippen molar-refractivity contribution < 1.29 is 39.9 Å². The first-order chi connectivity index (χ1) is 17.0. The van der Waals surface area contributed by atoms with Crippen molar-refractivity contribution in [2.75, 3.05) is 12.3 Å². The number of nitrogens with two attached hydrogens (primary N) is 1. The van der Waals surface area contributed by atoms with Gasteiger partial charge in [0.05, 0.1) is 13.2 Å². The van der Waals surface area contributed by atoms with Crippen LogP contribution in [0.3, 0.4) is 0 Å². The van der Waals surface area contributed by atoms with Crippen LogP contribution in [0.2, 0.25) is 0 Å². The molecule has 0 bridgehead atoms. The maximum Gasteiger partial charge on any atom is 0.353 e. The fourth-order valence-electron chi connectivity index (χ4n) is 4.16. The van der Waals surface area contributed by atoms with Crippen molar-refractivity contribution in [1.82, 2.24) is 14.6 Å². The number of aliphatic hydroxyl groups is 4. The van der Waals surface area contributed by atoms with Crippen LogP contribution < -0.4 is 11.4 Å². The summed E-state index contributed by atoms with van der Waals surface area (Å²) in [7, 11) is 0. The number of aliphatic hydroxyl groups excluding tert-OH is 2. The molecule has 1 saturated heterocycles. The van der Waals surface area contributed by atoms with Crippen molar-refractivity contribution in [1.29, 1.82) is 0 Å². The lowest BCUT2D eigenvalue weighted by Gasteiger charge is -2.42. The summed E-state index contributed by atoms with van der Waals surface area (Å²) in [6, 6.07) is 11.1. The van der Waals surface area contributed by atoms with Gasteiger partial charge in [-0.25, -0.2) is 18.7 Å². The standard InChI is InChI=1S/C23H25FN4O8/c24-17-4-2-1-3-14(17)9-15-10-26-21(32)28(20(15)25)23(34)22(33,19(31)18(12-29)36-23)27(35)11-13-5-7-16(30)8-6-13/h1-8,10,18-19,29-31,33-35H,9,11-12,25H2/t18-,19-,22-,23-/m1/s1. The predicted molar refractivity (Wildman–Crippen MR) is 121 cm³/mol. The number of hydrogen-bond acceptors (Lipinski definition) is 11. The van der Waals surface area contributed by atoms with E-state index >= 15 is 0 Å². The molecule has 0 unspecified atom stereocenters. The Morgan fingerprint density at radius 2 is 1.81 bits per heavy atom. The number of aromatic nitrogens is 2. The summed E-state index contributed by atoms with van der Waals surface area (Å²) in [6.45, 7) is -1.45. The topological polar surface area (TPSA) is 195 Å². The first-order valence-corrected chi connectivity index (χ1v) is 10.8. The van der Waals surface area contributed by atoms with Gasteiger partial charge in [-0.3, -0.25) is 0 Å². The number of phenolic OH excluding ortho intramolecular Hbond substituents is 1. The minimum atomic E-state index is -3.26. The Balaban J connectivity index is 1.81. The van der Waals surface area contributed by atoms with Crippen molar-refractivity contribution in [2.45, 2.75) is 36.8 Å². The molecule has 13 heteroatoms. The van der Waals surface area contributed by atoms with Gasteiger partial charge >= 0.3 is 11.6 Å². The molecule has 2 heterocycles. The van der Waals surface area contributed by atoms with Crippen LogP contribution in [0.15, 0.2) is 59.5 Å². The van der Waals surface area contributed by atoms with E-state index in [-0.39, 0.29) is 28.4 Å². The van der Waals surface area contributed by atoms with E-state index in [0.717, 1.165) is 6.20 Å². The summed E-state index contributed by atoms with van der Waals surface area (Å²) in [5.41, 5.74) is 2.33. The number of nitrogens with zero attached hydrogens (tertiary/aromatic N) is 3. The van der Waals surface area contributed by atoms with Crippen LogP contribution in [0.5, 0.6) is 5.75 Å². The third kappa shape index (κ3) is 4.12. The van der Waals surface area contributed by atoms with Gasteiger partial charge in [0.15, 0.2) is 0 Å². The highest BCUT2D eigenvalue weighted by molar-refractivity contribution is 5.43. The van der Waals surface area contributed by atoms with E-state index in [0.29, 0.717) is 10.1 Å². The molecule has 1 fully saturated rings. The molecule has 1 aliphatic rings. The van der Waals surface area contributed by atoms with Crippen LogP contribution in [-0.2, 0) is 23.6 Å². The molecule has 1 aromatic heterocycles. The average Bonchev–Trinajstić information content (AvgIpc) is 3.05. The summed E-state index contributed by atoms with van der Waals surface area (Å²) in [5, 5.41) is 63.9. The largest absolute Gasteiger partial charge is 0.508 e. The maximum absolute atomic E-state index is 14.2. The SMILES string of the molecule is Nc1c(Cc2ccccc2F)cnc(=O)n1[C@]1(O)O[C@H](CO)[C@@H](O)[C@]1(O)N(O)Cc1ccc(O)cc1. The highest BCUT2D eigenvalue weighted by Crippen LogP contribution is 2.44. The summed E-state index contributed by atoms with van der Waals surface area (Å²) in [4.78, 5) is 16.4. The molecule has 36 heavy (non-hydrogen) atoms. The number of ether oxygens (including phenoxy) is 1. The third-order valence-electron chi connectivity index (χ3n) is 6.14. The van der Waals surface area contributed by atoms with E-state index in [1.54, 1.807) is 6.07 Å². The minimum Gasteiger partial charge on any atom is -0.508 e. The molecule has 8 N–H and O–H groups in total. The first-order valence-electron chi connectivity index (χ1n) is 10.8. The number of hydroxylamine groups is 2. The molecule has 192 valence electrons. The molecule has 0 saturated carbocycles. The van der Waals surface area contributed by atoms with Crippen molar-refractivity contribution in [3.8, 4) is 5.75 Å². The minimum absolute atomic E-state index is 0.0593. The molecule has 4 rings (SSSR count). The van der Waals surface area contributed by atoms with Gasteiger partial charge in [0.1, 0.15) is 29.6 Å². The predicted octanol–water partition coefficient (Wildman–Crippen LogP) is -0.804. The lowest BCUT2D eigenvalue weighted by Crippen LogP contribution is -2.68. The molecule has 12 nitrogen and oxygen atoms in total. The Kier molecular flexibility index (Phi) is 6.81. The molecule has 3 aromatic rings. The summed E-state index contributed by atoms with van der Waals surface area (Å²) in [6.07, 6.45) is -2.93. The van der Waals surface area contributed by atoms with Crippen molar-refractivity contribution >= 4 is 5.82 Å². The number of anilines is 1. The average molecular weight is 504 g/mol. The van der Waals surface area contributed by atoms with Crippen LogP contribution in [0.4, 0.5) is 10.2 Å². The van der Waals surface area contributed by atoms with Crippen LogP contribution in [0.1, 0.15) is 16.7 Å². The second kappa shape index (κ2) is 9.55. The van der Waals surface area contributed by atoms with E-state index in [2.05, 4.69) is 4.98 Å². The Labute approximate surface area is 203 Å². The van der Waals surface area contributed by atoms with Gasteiger partial charge < -0.3 is 41.2 Å². The lowest BCUT2D eigenvalue weighted by atomic mass is 9.99. The molecule has 0 radical (unpaired) electrons. The van der Waals surface area contributed by atoms with Gasteiger partial charge in [0.2, 0.25) is 5.72 Å². The van der Waals surface area contributed by atoms with E-state index < -0.39 is 54.3 Å².